The van der Waals surface area contributed by atoms with Crippen LogP contribution >= 0.6 is 0 Å². The molecular formula is C13H18N2O4. The fourth-order valence-electron chi connectivity index (χ4n) is 1.74. The van der Waals surface area contributed by atoms with Crippen molar-refractivity contribution in [1.82, 2.24) is 5.32 Å². The van der Waals surface area contributed by atoms with Crippen molar-refractivity contribution < 1.29 is 14.5 Å². The zero-order chi connectivity index (χ0) is 14.4. The molecular weight excluding hydrogens is 248 g/mol. The fourth-order valence-corrected chi connectivity index (χ4v) is 1.74. The van der Waals surface area contributed by atoms with E-state index in [0.29, 0.717) is 0 Å². The molecule has 1 N–H and O–H groups in total. The average Bonchev–Trinajstić information content (AvgIpc) is 2.43. The lowest BCUT2D eigenvalue weighted by Crippen LogP contribution is -2.33. The van der Waals surface area contributed by atoms with Gasteiger partial charge in [-0.2, -0.15) is 0 Å². The third kappa shape index (κ3) is 3.67. The number of carbonyl (C=O) groups is 1. The van der Waals surface area contributed by atoms with Gasteiger partial charge >= 0.3 is 5.69 Å². The van der Waals surface area contributed by atoms with Gasteiger partial charge in [0.25, 0.3) is 5.91 Å². The summed E-state index contributed by atoms with van der Waals surface area (Å²) in [5.41, 5.74) is 0.0547. The van der Waals surface area contributed by atoms with Crippen molar-refractivity contribution in [2.45, 2.75) is 32.7 Å². The first-order chi connectivity index (χ1) is 9.03. The minimum atomic E-state index is -0.563. The highest BCUT2D eigenvalue weighted by Gasteiger charge is 2.19. The Bertz CT molecular complexity index is 470. The Morgan fingerprint density at radius 1 is 1.42 bits per heavy atom. The molecule has 0 aliphatic rings. The number of hydrogen-bond acceptors (Lipinski definition) is 4. The first kappa shape index (κ1) is 14.9. The second-order valence-electron chi connectivity index (χ2n) is 4.13. The molecule has 0 aliphatic carbocycles. The van der Waals surface area contributed by atoms with Crippen LogP contribution in [0, 0.1) is 10.1 Å². The predicted octanol–water partition coefficient (Wildman–Crippen LogP) is 2.52. The summed E-state index contributed by atoms with van der Waals surface area (Å²) in [6.07, 6.45) is 1.64. The highest BCUT2D eigenvalue weighted by atomic mass is 16.6. The van der Waals surface area contributed by atoms with Crippen LogP contribution < -0.4 is 10.1 Å². The first-order valence-electron chi connectivity index (χ1n) is 6.16. The molecule has 0 radical (unpaired) electrons. The molecule has 0 saturated carbocycles. The molecule has 1 aromatic carbocycles. The summed E-state index contributed by atoms with van der Waals surface area (Å²) in [7, 11) is 1.35. The van der Waals surface area contributed by atoms with Crippen LogP contribution in [0.2, 0.25) is 0 Å². The van der Waals surface area contributed by atoms with Crippen LogP contribution in [0.25, 0.3) is 0 Å². The van der Waals surface area contributed by atoms with Crippen molar-refractivity contribution in [2.75, 3.05) is 7.11 Å². The van der Waals surface area contributed by atoms with Gasteiger partial charge in [-0.05, 0) is 25.0 Å². The summed E-state index contributed by atoms with van der Waals surface area (Å²) >= 11 is 0. The quantitative estimate of drug-likeness (QED) is 0.633. The Balaban J connectivity index is 2.98. The molecule has 6 heteroatoms. The van der Waals surface area contributed by atoms with Crippen molar-refractivity contribution in [3.63, 3.8) is 0 Å². The van der Waals surface area contributed by atoms with Gasteiger partial charge < -0.3 is 10.1 Å². The van der Waals surface area contributed by atoms with E-state index in [1.807, 2.05) is 13.8 Å². The summed E-state index contributed by atoms with van der Waals surface area (Å²) in [6.45, 7) is 3.95. The van der Waals surface area contributed by atoms with Gasteiger partial charge in [-0.3, -0.25) is 14.9 Å². The molecule has 0 unspecified atom stereocenters. The number of amides is 1. The Morgan fingerprint density at radius 2 is 2.05 bits per heavy atom. The maximum absolute atomic E-state index is 12.0. The molecule has 1 rings (SSSR count). The van der Waals surface area contributed by atoms with Gasteiger partial charge in [0.05, 0.1) is 12.0 Å². The lowest BCUT2D eigenvalue weighted by molar-refractivity contribution is -0.385. The summed E-state index contributed by atoms with van der Waals surface area (Å²) in [5, 5.41) is 13.7. The second kappa shape index (κ2) is 6.72. The summed E-state index contributed by atoms with van der Waals surface area (Å²) in [5.74, 6) is -0.163. The number of rotatable bonds is 6. The monoisotopic (exact) mass is 266 g/mol. The van der Waals surface area contributed by atoms with E-state index in [9.17, 15) is 14.9 Å². The molecule has 0 atom stereocenters. The van der Waals surface area contributed by atoms with Gasteiger partial charge in [-0.25, -0.2) is 0 Å². The minimum Gasteiger partial charge on any atom is -0.490 e. The van der Waals surface area contributed by atoms with Gasteiger partial charge in [0.15, 0.2) is 5.75 Å². The smallest absolute Gasteiger partial charge is 0.311 e. The van der Waals surface area contributed by atoms with Gasteiger partial charge in [-0.1, -0.05) is 13.8 Å². The lowest BCUT2D eigenvalue weighted by Gasteiger charge is -2.14. The predicted molar refractivity (Wildman–Crippen MR) is 71.5 cm³/mol. The number of nitro groups is 1. The summed E-state index contributed by atoms with van der Waals surface area (Å²) < 4.78 is 4.89. The van der Waals surface area contributed by atoms with E-state index in [0.717, 1.165) is 12.8 Å². The molecule has 0 saturated heterocycles. The Morgan fingerprint density at radius 3 is 2.53 bits per heavy atom. The molecule has 0 spiro atoms. The number of benzene rings is 1. The molecule has 0 aromatic heterocycles. The molecule has 1 amide bonds. The molecule has 104 valence electrons. The Hall–Kier alpha value is -2.11. The third-order valence-corrected chi connectivity index (χ3v) is 2.96. The highest BCUT2D eigenvalue weighted by molar-refractivity contribution is 5.95. The Kier molecular flexibility index (Phi) is 5.29. The molecule has 19 heavy (non-hydrogen) atoms. The van der Waals surface area contributed by atoms with Crippen molar-refractivity contribution in [3.8, 4) is 5.75 Å². The number of nitro benzene ring substituents is 1. The van der Waals surface area contributed by atoms with Crippen molar-refractivity contribution >= 4 is 11.6 Å². The van der Waals surface area contributed by atoms with Crippen LogP contribution in [-0.2, 0) is 0 Å². The maximum atomic E-state index is 12.0. The average molecular weight is 266 g/mol. The topological polar surface area (TPSA) is 81.5 Å². The van der Waals surface area contributed by atoms with Gasteiger partial charge in [0.2, 0.25) is 0 Å². The van der Waals surface area contributed by atoms with E-state index >= 15 is 0 Å². The van der Waals surface area contributed by atoms with Crippen LogP contribution in [0.5, 0.6) is 5.75 Å². The first-order valence-corrected chi connectivity index (χ1v) is 6.16. The number of hydrogen-bond donors (Lipinski definition) is 1. The van der Waals surface area contributed by atoms with Gasteiger partial charge in [0.1, 0.15) is 0 Å². The number of nitrogens with one attached hydrogen (secondary N) is 1. The fraction of sp³-hybridized carbons (Fsp3) is 0.462. The van der Waals surface area contributed by atoms with Crippen molar-refractivity contribution in [1.29, 1.82) is 0 Å². The normalized spacial score (nSPS) is 10.3. The molecule has 0 aliphatic heterocycles. The van der Waals surface area contributed by atoms with Crippen molar-refractivity contribution in [3.05, 3.63) is 33.9 Å². The maximum Gasteiger partial charge on any atom is 0.311 e. The second-order valence-corrected chi connectivity index (χ2v) is 4.13. The number of methoxy groups -OCH3 is 1. The van der Waals surface area contributed by atoms with Crippen LogP contribution in [0.4, 0.5) is 5.69 Å². The van der Waals surface area contributed by atoms with E-state index in [-0.39, 0.29) is 28.9 Å². The van der Waals surface area contributed by atoms with Gasteiger partial charge in [-0.15, -0.1) is 0 Å². The van der Waals surface area contributed by atoms with E-state index in [1.165, 1.54) is 25.3 Å². The highest BCUT2D eigenvalue weighted by Crippen LogP contribution is 2.27. The Labute approximate surface area is 111 Å². The molecule has 0 fully saturated rings. The number of nitrogens with zero attached hydrogens (tertiary/aromatic N) is 1. The standard InChI is InChI=1S/C13H18N2O4/c1-4-10(5-2)14-13(16)9-6-7-12(19-3)11(8-9)15(17)18/h6-8,10H,4-5H2,1-3H3,(H,14,16). The summed E-state index contributed by atoms with van der Waals surface area (Å²) in [4.78, 5) is 22.3. The van der Waals surface area contributed by atoms with E-state index in [1.54, 1.807) is 0 Å². The van der Waals surface area contributed by atoms with E-state index in [4.69, 9.17) is 4.74 Å². The third-order valence-electron chi connectivity index (χ3n) is 2.96. The molecule has 0 heterocycles. The van der Waals surface area contributed by atoms with Crippen LogP contribution in [0.3, 0.4) is 0 Å². The summed E-state index contributed by atoms with van der Waals surface area (Å²) in [6, 6.07) is 4.26. The number of ether oxygens (including phenoxy) is 1. The van der Waals surface area contributed by atoms with Crippen molar-refractivity contribution in [2.24, 2.45) is 0 Å². The van der Waals surface area contributed by atoms with E-state index in [2.05, 4.69) is 5.32 Å². The zero-order valence-corrected chi connectivity index (χ0v) is 11.3. The lowest BCUT2D eigenvalue weighted by atomic mass is 10.1. The largest absolute Gasteiger partial charge is 0.490 e. The molecule has 1 aromatic rings. The van der Waals surface area contributed by atoms with Crippen LogP contribution in [0.1, 0.15) is 37.0 Å². The van der Waals surface area contributed by atoms with Crippen LogP contribution in [-0.4, -0.2) is 24.0 Å². The van der Waals surface area contributed by atoms with E-state index < -0.39 is 4.92 Å². The number of carbonyl (C=O) groups excluding carboxylic acids is 1. The SMILES string of the molecule is CCC(CC)NC(=O)c1ccc(OC)c([N+](=O)[O-])c1. The van der Waals surface area contributed by atoms with Crippen LogP contribution in [0.15, 0.2) is 18.2 Å². The van der Waals surface area contributed by atoms with Gasteiger partial charge in [0, 0.05) is 17.7 Å². The zero-order valence-electron chi connectivity index (χ0n) is 11.3. The molecule has 0 bridgehead atoms. The minimum absolute atomic E-state index is 0.0775. The molecule has 6 nitrogen and oxygen atoms in total.